The summed E-state index contributed by atoms with van der Waals surface area (Å²) in [6, 6.07) is 7.37. The Hall–Kier alpha value is -1.43. The van der Waals surface area contributed by atoms with E-state index in [1.54, 1.807) is 14.2 Å². The summed E-state index contributed by atoms with van der Waals surface area (Å²) in [6.07, 6.45) is 0.520. The molecule has 0 aliphatic heterocycles. The summed E-state index contributed by atoms with van der Waals surface area (Å²) in [6.45, 7) is 1.52. The molecule has 1 aromatic rings. The highest BCUT2D eigenvalue weighted by molar-refractivity contribution is 5.81. The molecule has 1 unspecified atom stereocenters. The predicted molar refractivity (Wildman–Crippen MR) is 73.5 cm³/mol. The molecule has 1 rings (SSSR count). The first-order valence-corrected chi connectivity index (χ1v) is 6.26. The van der Waals surface area contributed by atoms with Crippen molar-refractivity contribution in [1.29, 1.82) is 0 Å². The molecule has 1 atom stereocenters. The van der Waals surface area contributed by atoms with Gasteiger partial charge >= 0.3 is 0 Å². The van der Waals surface area contributed by atoms with E-state index in [-0.39, 0.29) is 5.91 Å². The van der Waals surface area contributed by atoms with Gasteiger partial charge in [-0.15, -0.1) is 0 Å². The van der Waals surface area contributed by atoms with Crippen molar-refractivity contribution in [3.8, 4) is 0 Å². The maximum absolute atomic E-state index is 11.7. The number of amides is 1. The van der Waals surface area contributed by atoms with E-state index in [4.69, 9.17) is 15.2 Å². The van der Waals surface area contributed by atoms with Gasteiger partial charge in [-0.25, -0.2) is 0 Å². The summed E-state index contributed by atoms with van der Waals surface area (Å²) in [7, 11) is 3.25. The van der Waals surface area contributed by atoms with Crippen molar-refractivity contribution >= 4 is 5.91 Å². The number of methoxy groups -OCH3 is 2. The van der Waals surface area contributed by atoms with E-state index in [1.807, 2.05) is 24.3 Å². The topological polar surface area (TPSA) is 73.6 Å². The van der Waals surface area contributed by atoms with Crippen LogP contribution in [-0.4, -0.2) is 32.8 Å². The normalized spacial score (nSPS) is 12.2. The van der Waals surface area contributed by atoms with E-state index < -0.39 is 6.04 Å². The van der Waals surface area contributed by atoms with E-state index >= 15 is 0 Å². The molecular formula is C14H22N2O3. The fourth-order valence-corrected chi connectivity index (χ4v) is 1.69. The molecule has 0 spiro atoms. The van der Waals surface area contributed by atoms with Gasteiger partial charge in [0, 0.05) is 27.4 Å². The van der Waals surface area contributed by atoms with Crippen molar-refractivity contribution in [2.75, 3.05) is 20.8 Å². The van der Waals surface area contributed by atoms with Gasteiger partial charge in [0.25, 0.3) is 0 Å². The Morgan fingerprint density at radius 1 is 1.32 bits per heavy atom. The Labute approximate surface area is 114 Å². The summed E-state index contributed by atoms with van der Waals surface area (Å²) in [5, 5.41) is 2.82. The van der Waals surface area contributed by atoms with Crippen molar-refractivity contribution < 1.29 is 14.3 Å². The van der Waals surface area contributed by atoms with Crippen LogP contribution >= 0.6 is 0 Å². The maximum Gasteiger partial charge on any atom is 0.237 e. The molecule has 19 heavy (non-hydrogen) atoms. The Morgan fingerprint density at radius 3 is 2.74 bits per heavy atom. The molecule has 0 radical (unpaired) electrons. The SMILES string of the molecule is COCCC(N)C(=O)NCc1cccc(COC)c1. The zero-order chi connectivity index (χ0) is 14.1. The van der Waals surface area contributed by atoms with Crippen LogP contribution in [0.25, 0.3) is 0 Å². The predicted octanol–water partition coefficient (Wildman–Crippen LogP) is 0.813. The third-order valence-corrected chi connectivity index (χ3v) is 2.74. The molecule has 0 saturated carbocycles. The van der Waals surface area contributed by atoms with Gasteiger partial charge in [-0.3, -0.25) is 4.79 Å². The van der Waals surface area contributed by atoms with Crippen molar-refractivity contribution in [3.05, 3.63) is 35.4 Å². The summed E-state index contributed by atoms with van der Waals surface area (Å²) >= 11 is 0. The minimum atomic E-state index is -0.526. The van der Waals surface area contributed by atoms with Gasteiger partial charge in [-0.05, 0) is 17.5 Å². The lowest BCUT2D eigenvalue weighted by molar-refractivity contribution is -0.122. The van der Waals surface area contributed by atoms with E-state index in [0.29, 0.717) is 26.2 Å². The second kappa shape index (κ2) is 8.63. The molecule has 5 nitrogen and oxygen atoms in total. The molecule has 0 saturated heterocycles. The van der Waals surface area contributed by atoms with E-state index in [9.17, 15) is 4.79 Å². The lowest BCUT2D eigenvalue weighted by Crippen LogP contribution is -2.40. The number of carbonyl (C=O) groups is 1. The molecule has 0 heterocycles. The van der Waals surface area contributed by atoms with Crippen LogP contribution in [0.4, 0.5) is 0 Å². The number of rotatable bonds is 8. The molecule has 0 aromatic heterocycles. The highest BCUT2D eigenvalue weighted by Crippen LogP contribution is 2.06. The number of nitrogens with one attached hydrogen (secondary N) is 1. The Bertz CT molecular complexity index is 396. The first kappa shape index (κ1) is 15.6. The van der Waals surface area contributed by atoms with Crippen LogP contribution in [0, 0.1) is 0 Å². The van der Waals surface area contributed by atoms with Crippen molar-refractivity contribution in [3.63, 3.8) is 0 Å². The lowest BCUT2D eigenvalue weighted by Gasteiger charge is -2.12. The van der Waals surface area contributed by atoms with Gasteiger partial charge in [0.05, 0.1) is 12.6 Å². The minimum absolute atomic E-state index is 0.158. The number of hydrogen-bond donors (Lipinski definition) is 2. The second-order valence-corrected chi connectivity index (χ2v) is 4.36. The van der Waals surface area contributed by atoms with Gasteiger partial charge in [0.2, 0.25) is 5.91 Å². The van der Waals surface area contributed by atoms with Crippen LogP contribution in [0.2, 0.25) is 0 Å². The molecule has 5 heteroatoms. The van der Waals surface area contributed by atoms with Gasteiger partial charge < -0.3 is 20.5 Å². The molecule has 0 bridgehead atoms. The second-order valence-electron chi connectivity index (χ2n) is 4.36. The standard InChI is InChI=1S/C14H22N2O3/c1-18-7-6-13(15)14(17)16-9-11-4-3-5-12(8-11)10-19-2/h3-5,8,13H,6-7,9-10,15H2,1-2H3,(H,16,17). The van der Waals surface area contributed by atoms with Crippen LogP contribution in [0.3, 0.4) is 0 Å². The van der Waals surface area contributed by atoms with Crippen molar-refractivity contribution in [2.45, 2.75) is 25.6 Å². The zero-order valence-electron chi connectivity index (χ0n) is 11.5. The van der Waals surface area contributed by atoms with Gasteiger partial charge in [0.1, 0.15) is 0 Å². The largest absolute Gasteiger partial charge is 0.385 e. The molecule has 0 aliphatic carbocycles. The summed E-state index contributed by atoms with van der Waals surface area (Å²) in [5.41, 5.74) is 7.84. The molecule has 0 fully saturated rings. The Kier molecular flexibility index (Phi) is 7.10. The summed E-state index contributed by atoms with van der Waals surface area (Å²) in [4.78, 5) is 11.7. The third-order valence-electron chi connectivity index (χ3n) is 2.74. The first-order chi connectivity index (χ1) is 9.17. The summed E-state index contributed by atoms with van der Waals surface area (Å²) in [5.74, 6) is -0.158. The van der Waals surface area contributed by atoms with Crippen LogP contribution in [0.1, 0.15) is 17.5 Å². The average Bonchev–Trinajstić information content (AvgIpc) is 2.43. The highest BCUT2D eigenvalue weighted by Gasteiger charge is 2.12. The van der Waals surface area contributed by atoms with Gasteiger partial charge in [-0.2, -0.15) is 0 Å². The van der Waals surface area contributed by atoms with Gasteiger partial charge in [0.15, 0.2) is 0 Å². The first-order valence-electron chi connectivity index (χ1n) is 6.26. The summed E-state index contributed by atoms with van der Waals surface area (Å²) < 4.78 is 9.96. The number of carbonyl (C=O) groups excluding carboxylic acids is 1. The maximum atomic E-state index is 11.7. The number of ether oxygens (including phenoxy) is 2. The van der Waals surface area contributed by atoms with Crippen molar-refractivity contribution in [2.24, 2.45) is 5.73 Å². The van der Waals surface area contributed by atoms with Crippen LogP contribution in [0.5, 0.6) is 0 Å². The quantitative estimate of drug-likeness (QED) is 0.730. The minimum Gasteiger partial charge on any atom is -0.385 e. The molecule has 0 aliphatic rings. The highest BCUT2D eigenvalue weighted by atomic mass is 16.5. The molecular weight excluding hydrogens is 244 g/mol. The average molecular weight is 266 g/mol. The molecule has 1 aromatic carbocycles. The third kappa shape index (κ3) is 5.83. The lowest BCUT2D eigenvalue weighted by atomic mass is 10.1. The van der Waals surface area contributed by atoms with Crippen LogP contribution in [-0.2, 0) is 27.4 Å². The van der Waals surface area contributed by atoms with Crippen LogP contribution in [0.15, 0.2) is 24.3 Å². The number of nitrogens with two attached hydrogens (primary N) is 1. The zero-order valence-corrected chi connectivity index (χ0v) is 11.5. The van der Waals surface area contributed by atoms with E-state index in [2.05, 4.69) is 5.32 Å². The van der Waals surface area contributed by atoms with Gasteiger partial charge in [-0.1, -0.05) is 24.3 Å². The Balaban J connectivity index is 2.43. The molecule has 1 amide bonds. The monoisotopic (exact) mass is 266 g/mol. The molecule has 106 valence electrons. The van der Waals surface area contributed by atoms with E-state index in [0.717, 1.165) is 11.1 Å². The number of benzene rings is 1. The van der Waals surface area contributed by atoms with Crippen LogP contribution < -0.4 is 11.1 Å². The fraction of sp³-hybridized carbons (Fsp3) is 0.500. The van der Waals surface area contributed by atoms with E-state index in [1.165, 1.54) is 0 Å². The van der Waals surface area contributed by atoms with Crippen molar-refractivity contribution in [1.82, 2.24) is 5.32 Å². The fourth-order valence-electron chi connectivity index (χ4n) is 1.69. The number of hydrogen-bond acceptors (Lipinski definition) is 4. The smallest absolute Gasteiger partial charge is 0.237 e. The molecule has 3 N–H and O–H groups in total. The Morgan fingerprint density at radius 2 is 2.05 bits per heavy atom.